The molecule has 0 unspecified atom stereocenters. The summed E-state index contributed by atoms with van der Waals surface area (Å²) in [5.74, 6) is -0.713. The Morgan fingerprint density at radius 3 is 2.60 bits per heavy atom. The first-order chi connectivity index (χ1) is 9.48. The average Bonchev–Trinajstić information content (AvgIpc) is 2.99. The molecular formula is C12H14N2O5S. The molecule has 0 spiro atoms. The summed E-state index contributed by atoms with van der Waals surface area (Å²) in [5.41, 5.74) is -0.0821. The van der Waals surface area contributed by atoms with Crippen LogP contribution in [0.15, 0.2) is 23.4 Å². The molecule has 20 heavy (non-hydrogen) atoms. The van der Waals surface area contributed by atoms with Gasteiger partial charge in [0.2, 0.25) is 0 Å². The largest absolute Gasteiger partial charge is 0.478 e. The highest BCUT2D eigenvalue weighted by molar-refractivity contribution is 7.89. The lowest BCUT2D eigenvalue weighted by Crippen LogP contribution is -2.31. The van der Waals surface area contributed by atoms with Gasteiger partial charge in [-0.2, -0.15) is 4.31 Å². The van der Waals surface area contributed by atoms with E-state index >= 15 is 0 Å². The Balaban J connectivity index is 1.89. The topological polar surface area (TPSA) is 96.8 Å². The van der Waals surface area contributed by atoms with Crippen molar-refractivity contribution in [2.24, 2.45) is 11.8 Å². The number of carbonyl (C=O) groups is 1. The highest BCUT2D eigenvalue weighted by Crippen LogP contribution is 2.32. The van der Waals surface area contributed by atoms with Gasteiger partial charge in [0.25, 0.3) is 10.0 Å². The Kier molecular flexibility index (Phi) is 3.23. The molecule has 2 aliphatic heterocycles. The summed E-state index contributed by atoms with van der Waals surface area (Å²) >= 11 is 0. The number of pyridine rings is 1. The first-order valence-electron chi connectivity index (χ1n) is 6.26. The third-order valence-corrected chi connectivity index (χ3v) is 5.52. The number of hydrogen-bond acceptors (Lipinski definition) is 5. The average molecular weight is 298 g/mol. The number of nitrogens with zero attached hydrogens (tertiary/aromatic N) is 2. The van der Waals surface area contributed by atoms with Gasteiger partial charge in [0, 0.05) is 31.1 Å². The summed E-state index contributed by atoms with van der Waals surface area (Å²) in [6.45, 7) is 1.98. The van der Waals surface area contributed by atoms with Gasteiger partial charge in [0.05, 0.1) is 18.8 Å². The summed E-state index contributed by atoms with van der Waals surface area (Å²) in [6.07, 6.45) is 1.20. The summed E-state index contributed by atoms with van der Waals surface area (Å²) in [4.78, 5) is 14.7. The predicted octanol–water partition coefficient (Wildman–Crippen LogP) is 0.0467. The molecule has 3 rings (SSSR count). The van der Waals surface area contributed by atoms with Crippen LogP contribution in [-0.4, -0.2) is 55.1 Å². The smallest absolute Gasteiger partial charge is 0.335 e. The molecular weight excluding hydrogens is 284 g/mol. The monoisotopic (exact) mass is 298 g/mol. The van der Waals surface area contributed by atoms with Gasteiger partial charge in [-0.1, -0.05) is 0 Å². The van der Waals surface area contributed by atoms with Crippen molar-refractivity contribution in [3.05, 3.63) is 23.9 Å². The molecule has 7 nitrogen and oxygen atoms in total. The van der Waals surface area contributed by atoms with Gasteiger partial charge in [-0.3, -0.25) is 0 Å². The van der Waals surface area contributed by atoms with Crippen LogP contribution in [0.5, 0.6) is 0 Å². The molecule has 3 heterocycles. The van der Waals surface area contributed by atoms with Gasteiger partial charge in [-0.15, -0.1) is 0 Å². The van der Waals surface area contributed by atoms with Crippen LogP contribution in [0.2, 0.25) is 0 Å². The maximum atomic E-state index is 12.5. The van der Waals surface area contributed by atoms with E-state index in [-0.39, 0.29) is 22.4 Å². The molecule has 0 aliphatic carbocycles. The van der Waals surface area contributed by atoms with Crippen molar-refractivity contribution in [2.45, 2.75) is 5.03 Å². The fraction of sp³-hybridized carbons (Fsp3) is 0.500. The van der Waals surface area contributed by atoms with E-state index in [0.29, 0.717) is 26.3 Å². The van der Waals surface area contributed by atoms with Crippen molar-refractivity contribution in [1.29, 1.82) is 0 Å². The van der Waals surface area contributed by atoms with E-state index in [1.54, 1.807) is 0 Å². The zero-order chi connectivity index (χ0) is 14.3. The van der Waals surface area contributed by atoms with E-state index < -0.39 is 16.0 Å². The Labute approximate surface area is 116 Å². The van der Waals surface area contributed by atoms with E-state index in [9.17, 15) is 13.2 Å². The lowest BCUT2D eigenvalue weighted by Gasteiger charge is -2.16. The molecule has 0 radical (unpaired) electrons. The van der Waals surface area contributed by atoms with E-state index in [1.807, 2.05) is 0 Å². The normalized spacial score (nSPS) is 26.6. The van der Waals surface area contributed by atoms with Gasteiger partial charge in [0.15, 0.2) is 5.03 Å². The van der Waals surface area contributed by atoms with Crippen LogP contribution in [0.25, 0.3) is 0 Å². The summed E-state index contributed by atoms with van der Waals surface area (Å²) in [5, 5.41) is 8.71. The molecule has 1 N–H and O–H groups in total. The van der Waals surface area contributed by atoms with Crippen LogP contribution >= 0.6 is 0 Å². The first kappa shape index (κ1) is 13.5. The van der Waals surface area contributed by atoms with Crippen molar-refractivity contribution in [2.75, 3.05) is 26.3 Å². The van der Waals surface area contributed by atoms with Gasteiger partial charge < -0.3 is 9.84 Å². The van der Waals surface area contributed by atoms with Crippen molar-refractivity contribution in [3.63, 3.8) is 0 Å². The molecule has 2 fully saturated rings. The second-order valence-electron chi connectivity index (χ2n) is 5.07. The van der Waals surface area contributed by atoms with Gasteiger partial charge in [0.1, 0.15) is 0 Å². The zero-order valence-corrected chi connectivity index (χ0v) is 11.4. The Morgan fingerprint density at radius 1 is 1.35 bits per heavy atom. The third kappa shape index (κ3) is 2.19. The number of fused-ring (bicyclic) bond motifs is 1. The number of aromatic carboxylic acids is 1. The first-order valence-corrected chi connectivity index (χ1v) is 7.70. The number of hydrogen-bond donors (Lipinski definition) is 1. The number of sulfonamides is 1. The lowest BCUT2D eigenvalue weighted by atomic mass is 10.0. The number of rotatable bonds is 3. The van der Waals surface area contributed by atoms with Crippen LogP contribution < -0.4 is 0 Å². The van der Waals surface area contributed by atoms with Crippen LogP contribution in [0.1, 0.15) is 10.4 Å². The standard InChI is InChI=1S/C12H14N2O5S/c15-12(16)8-1-2-13-11(3-8)20(17,18)14-4-9-6-19-7-10(9)5-14/h1-3,9-10H,4-7H2,(H,15,16)/t9-,10+. The number of ether oxygens (including phenoxy) is 1. The maximum absolute atomic E-state index is 12.5. The molecule has 2 aliphatic rings. The fourth-order valence-electron chi connectivity index (χ4n) is 2.66. The number of carboxylic acid groups (broad SMARTS) is 1. The Bertz CT molecular complexity index is 633. The van der Waals surface area contributed by atoms with Crippen molar-refractivity contribution >= 4 is 16.0 Å². The molecule has 2 saturated heterocycles. The molecule has 1 aromatic rings. The molecule has 108 valence electrons. The number of carboxylic acids is 1. The Morgan fingerprint density at radius 2 is 2.00 bits per heavy atom. The molecule has 0 bridgehead atoms. The van der Waals surface area contributed by atoms with E-state index in [1.165, 1.54) is 16.6 Å². The lowest BCUT2D eigenvalue weighted by molar-refractivity contribution is 0.0696. The molecule has 0 amide bonds. The van der Waals surface area contributed by atoms with Crippen LogP contribution in [-0.2, 0) is 14.8 Å². The van der Waals surface area contributed by atoms with Gasteiger partial charge >= 0.3 is 5.97 Å². The predicted molar refractivity (Wildman–Crippen MR) is 67.8 cm³/mol. The quantitative estimate of drug-likeness (QED) is 0.846. The second kappa shape index (κ2) is 4.80. The number of aromatic nitrogens is 1. The molecule has 0 aromatic carbocycles. The summed E-state index contributed by atoms with van der Waals surface area (Å²) < 4.78 is 31.6. The van der Waals surface area contributed by atoms with Gasteiger partial charge in [-0.25, -0.2) is 18.2 Å². The highest BCUT2D eigenvalue weighted by atomic mass is 32.2. The Hall–Kier alpha value is -1.51. The molecule has 2 atom stereocenters. The summed E-state index contributed by atoms with van der Waals surface area (Å²) in [7, 11) is -3.73. The fourth-order valence-corrected chi connectivity index (χ4v) is 4.17. The van der Waals surface area contributed by atoms with Crippen molar-refractivity contribution in [3.8, 4) is 0 Å². The van der Waals surface area contributed by atoms with Crippen LogP contribution in [0.3, 0.4) is 0 Å². The summed E-state index contributed by atoms with van der Waals surface area (Å²) in [6, 6.07) is 2.37. The highest BCUT2D eigenvalue weighted by Gasteiger charge is 2.42. The van der Waals surface area contributed by atoms with Crippen molar-refractivity contribution in [1.82, 2.24) is 9.29 Å². The molecule has 1 aromatic heterocycles. The maximum Gasteiger partial charge on any atom is 0.335 e. The third-order valence-electron chi connectivity index (χ3n) is 3.79. The molecule has 8 heteroatoms. The van der Waals surface area contributed by atoms with Crippen molar-refractivity contribution < 1.29 is 23.1 Å². The van der Waals surface area contributed by atoms with Crippen LogP contribution in [0.4, 0.5) is 0 Å². The zero-order valence-electron chi connectivity index (χ0n) is 10.6. The second-order valence-corrected chi connectivity index (χ2v) is 6.95. The minimum Gasteiger partial charge on any atom is -0.478 e. The van der Waals surface area contributed by atoms with Crippen LogP contribution in [0, 0.1) is 11.8 Å². The van der Waals surface area contributed by atoms with Gasteiger partial charge in [-0.05, 0) is 12.1 Å². The van der Waals surface area contributed by atoms with E-state index in [2.05, 4.69) is 4.98 Å². The van der Waals surface area contributed by atoms with E-state index in [4.69, 9.17) is 9.84 Å². The SMILES string of the molecule is O=C(O)c1ccnc(S(=O)(=O)N2C[C@H]3COC[C@H]3C2)c1. The molecule has 0 saturated carbocycles. The minimum atomic E-state index is -3.73. The minimum absolute atomic E-state index is 0.0821. The van der Waals surface area contributed by atoms with E-state index in [0.717, 1.165) is 6.07 Å².